The van der Waals surface area contributed by atoms with E-state index in [9.17, 15) is 10.1 Å². The lowest BCUT2D eigenvalue weighted by Crippen LogP contribution is -2.30. The molecule has 0 saturated carbocycles. The number of pyridine rings is 1. The van der Waals surface area contributed by atoms with Crippen molar-refractivity contribution in [2.24, 2.45) is 0 Å². The molecule has 5 nitrogen and oxygen atoms in total. The number of nitro groups is 1. The van der Waals surface area contributed by atoms with Gasteiger partial charge in [-0.3, -0.25) is 15.1 Å². The molecule has 0 bridgehead atoms. The summed E-state index contributed by atoms with van der Waals surface area (Å²) in [6.45, 7) is 8.91. The molecule has 0 aliphatic heterocycles. The maximum atomic E-state index is 11.1. The summed E-state index contributed by atoms with van der Waals surface area (Å²) >= 11 is 0. The minimum Gasteiger partial charge on any atom is -0.314 e. The summed E-state index contributed by atoms with van der Waals surface area (Å²) in [6.07, 6.45) is 6.77. The number of nitrogens with zero attached hydrogens (tertiary/aromatic N) is 2. The minimum atomic E-state index is -0.297. The third-order valence-corrected chi connectivity index (χ3v) is 3.81. The molecule has 0 spiro atoms. The Hall–Kier alpha value is -1.49. The molecule has 0 radical (unpaired) electrons. The Morgan fingerprint density at radius 3 is 2.57 bits per heavy atom. The Morgan fingerprint density at radius 1 is 1.29 bits per heavy atom. The maximum absolute atomic E-state index is 11.1. The van der Waals surface area contributed by atoms with E-state index >= 15 is 0 Å². The van der Waals surface area contributed by atoms with E-state index in [0.717, 1.165) is 44.3 Å². The molecule has 0 saturated heterocycles. The fourth-order valence-corrected chi connectivity index (χ4v) is 2.65. The number of aromatic nitrogens is 1. The van der Waals surface area contributed by atoms with Gasteiger partial charge in [-0.25, -0.2) is 0 Å². The standard InChI is InChI=1S/C16H27N3O2/c1-5-7-14(17-10-6-2)8-9-15-13(4)16(19(20)21)12(3)11-18-15/h11,14,17H,5-10H2,1-4H3. The fourth-order valence-electron chi connectivity index (χ4n) is 2.65. The van der Waals surface area contributed by atoms with E-state index in [4.69, 9.17) is 0 Å². The second-order valence-electron chi connectivity index (χ2n) is 5.60. The van der Waals surface area contributed by atoms with E-state index in [1.165, 1.54) is 0 Å². The molecule has 1 rings (SSSR count). The summed E-state index contributed by atoms with van der Waals surface area (Å²) in [6, 6.07) is 0.469. The molecule has 0 aromatic carbocycles. The maximum Gasteiger partial charge on any atom is 0.278 e. The molecule has 0 aliphatic carbocycles. The first-order valence-electron chi connectivity index (χ1n) is 7.84. The van der Waals surface area contributed by atoms with Gasteiger partial charge in [-0.15, -0.1) is 0 Å². The Balaban J connectivity index is 2.78. The van der Waals surface area contributed by atoms with Gasteiger partial charge in [0.25, 0.3) is 5.69 Å². The fraction of sp³-hybridized carbons (Fsp3) is 0.688. The molecule has 1 heterocycles. The van der Waals surface area contributed by atoms with Gasteiger partial charge in [0, 0.05) is 23.4 Å². The largest absolute Gasteiger partial charge is 0.314 e. The summed E-state index contributed by atoms with van der Waals surface area (Å²) in [5, 5.41) is 14.7. The second kappa shape index (κ2) is 8.72. The van der Waals surface area contributed by atoms with Gasteiger partial charge in [0.15, 0.2) is 0 Å². The zero-order chi connectivity index (χ0) is 15.8. The van der Waals surface area contributed by atoms with Crippen LogP contribution in [-0.2, 0) is 6.42 Å². The SMILES string of the molecule is CCCNC(CCC)CCc1ncc(C)c([N+](=O)[O-])c1C. The molecule has 118 valence electrons. The Kier molecular flexibility index (Phi) is 7.29. The third-order valence-electron chi connectivity index (χ3n) is 3.81. The van der Waals surface area contributed by atoms with Gasteiger partial charge < -0.3 is 5.32 Å². The van der Waals surface area contributed by atoms with Gasteiger partial charge in [0.05, 0.1) is 10.6 Å². The van der Waals surface area contributed by atoms with Crippen LogP contribution in [0.25, 0.3) is 0 Å². The first-order chi connectivity index (χ1) is 10.0. The third kappa shape index (κ3) is 5.08. The molecule has 1 aromatic rings. The predicted molar refractivity (Wildman–Crippen MR) is 85.7 cm³/mol. The number of hydrogen-bond acceptors (Lipinski definition) is 4. The van der Waals surface area contributed by atoms with E-state index in [-0.39, 0.29) is 10.6 Å². The average Bonchev–Trinajstić information content (AvgIpc) is 2.43. The van der Waals surface area contributed by atoms with Crippen molar-refractivity contribution in [2.75, 3.05) is 6.54 Å². The van der Waals surface area contributed by atoms with Crippen LogP contribution in [0.2, 0.25) is 0 Å². The summed E-state index contributed by atoms with van der Waals surface area (Å²) in [5.74, 6) is 0. The lowest BCUT2D eigenvalue weighted by Gasteiger charge is -2.18. The van der Waals surface area contributed by atoms with Gasteiger partial charge in [-0.05, 0) is 46.1 Å². The number of hydrogen-bond donors (Lipinski definition) is 1. The van der Waals surface area contributed by atoms with E-state index in [0.29, 0.717) is 17.2 Å². The molecule has 1 unspecified atom stereocenters. The lowest BCUT2D eigenvalue weighted by molar-refractivity contribution is -0.386. The van der Waals surface area contributed by atoms with Gasteiger partial charge in [-0.1, -0.05) is 20.3 Å². The first kappa shape index (κ1) is 17.6. The van der Waals surface area contributed by atoms with Crippen LogP contribution in [0.5, 0.6) is 0 Å². The Bertz CT molecular complexity index is 475. The molecular formula is C16H27N3O2. The van der Waals surface area contributed by atoms with Crippen molar-refractivity contribution in [3.05, 3.63) is 33.1 Å². The van der Waals surface area contributed by atoms with E-state index < -0.39 is 0 Å². The molecule has 21 heavy (non-hydrogen) atoms. The minimum absolute atomic E-state index is 0.216. The van der Waals surface area contributed by atoms with Gasteiger partial charge >= 0.3 is 0 Å². The van der Waals surface area contributed by atoms with Crippen LogP contribution in [0.15, 0.2) is 6.20 Å². The topological polar surface area (TPSA) is 68.1 Å². The van der Waals surface area contributed by atoms with E-state index in [2.05, 4.69) is 24.1 Å². The highest BCUT2D eigenvalue weighted by Crippen LogP contribution is 2.25. The van der Waals surface area contributed by atoms with Crippen molar-refractivity contribution < 1.29 is 4.92 Å². The van der Waals surface area contributed by atoms with Crippen LogP contribution in [-0.4, -0.2) is 22.5 Å². The monoisotopic (exact) mass is 293 g/mol. The summed E-state index contributed by atoms with van der Waals surface area (Å²) in [7, 11) is 0. The zero-order valence-electron chi connectivity index (χ0n) is 13.6. The summed E-state index contributed by atoms with van der Waals surface area (Å²) in [4.78, 5) is 15.2. The van der Waals surface area contributed by atoms with Gasteiger partial charge in [0.1, 0.15) is 0 Å². The Morgan fingerprint density at radius 2 is 2.00 bits per heavy atom. The van der Waals surface area contributed by atoms with Crippen molar-refractivity contribution in [3.8, 4) is 0 Å². The van der Waals surface area contributed by atoms with Crippen molar-refractivity contribution in [1.29, 1.82) is 0 Å². The summed E-state index contributed by atoms with van der Waals surface area (Å²) in [5.41, 5.74) is 2.42. The quantitative estimate of drug-likeness (QED) is 0.556. The smallest absolute Gasteiger partial charge is 0.278 e. The van der Waals surface area contributed by atoms with Crippen LogP contribution in [0.4, 0.5) is 5.69 Å². The molecule has 5 heteroatoms. The molecule has 0 aliphatic rings. The Labute approximate surface area is 127 Å². The van der Waals surface area contributed by atoms with Crippen LogP contribution in [0.3, 0.4) is 0 Å². The highest BCUT2D eigenvalue weighted by molar-refractivity contribution is 5.47. The molecular weight excluding hydrogens is 266 g/mol. The number of rotatable bonds is 9. The van der Waals surface area contributed by atoms with Crippen LogP contribution >= 0.6 is 0 Å². The van der Waals surface area contributed by atoms with E-state index in [1.807, 2.05) is 6.92 Å². The van der Waals surface area contributed by atoms with Crippen molar-refractivity contribution >= 4 is 5.69 Å². The van der Waals surface area contributed by atoms with Crippen molar-refractivity contribution in [2.45, 2.75) is 65.8 Å². The number of nitrogens with one attached hydrogen (secondary N) is 1. The van der Waals surface area contributed by atoms with Gasteiger partial charge in [0.2, 0.25) is 0 Å². The van der Waals surface area contributed by atoms with Crippen LogP contribution in [0.1, 0.15) is 56.4 Å². The average molecular weight is 293 g/mol. The van der Waals surface area contributed by atoms with Crippen molar-refractivity contribution in [3.63, 3.8) is 0 Å². The molecule has 1 aromatic heterocycles. The van der Waals surface area contributed by atoms with Crippen LogP contribution in [0, 0.1) is 24.0 Å². The van der Waals surface area contributed by atoms with Crippen LogP contribution < -0.4 is 5.32 Å². The highest BCUT2D eigenvalue weighted by Gasteiger charge is 2.19. The number of aryl methyl sites for hydroxylation is 2. The molecule has 1 atom stereocenters. The lowest BCUT2D eigenvalue weighted by atomic mass is 10.0. The van der Waals surface area contributed by atoms with E-state index in [1.54, 1.807) is 13.1 Å². The molecule has 1 N–H and O–H groups in total. The highest BCUT2D eigenvalue weighted by atomic mass is 16.6. The second-order valence-corrected chi connectivity index (χ2v) is 5.60. The summed E-state index contributed by atoms with van der Waals surface area (Å²) < 4.78 is 0. The van der Waals surface area contributed by atoms with Gasteiger partial charge in [-0.2, -0.15) is 0 Å². The normalized spacial score (nSPS) is 12.4. The predicted octanol–water partition coefficient (Wildman–Crippen LogP) is 3.71. The first-order valence-corrected chi connectivity index (χ1v) is 7.84. The van der Waals surface area contributed by atoms with Crippen molar-refractivity contribution in [1.82, 2.24) is 10.3 Å². The molecule has 0 amide bonds. The zero-order valence-corrected chi connectivity index (χ0v) is 13.6. The molecule has 0 fully saturated rings.